The van der Waals surface area contributed by atoms with Gasteiger partial charge < -0.3 is 20.3 Å². The van der Waals surface area contributed by atoms with Crippen LogP contribution in [0.25, 0.3) is 0 Å². The molecule has 0 bridgehead atoms. The van der Waals surface area contributed by atoms with Gasteiger partial charge in [-0.2, -0.15) is 0 Å². The molecule has 7 heteroatoms. The summed E-state index contributed by atoms with van der Waals surface area (Å²) < 4.78 is 5.01. The highest BCUT2D eigenvalue weighted by Crippen LogP contribution is 2.13. The number of ether oxygens (including phenoxy) is 1. The van der Waals surface area contributed by atoms with Gasteiger partial charge in [0.2, 0.25) is 0 Å². The summed E-state index contributed by atoms with van der Waals surface area (Å²) in [6, 6.07) is 3.56. The van der Waals surface area contributed by atoms with E-state index in [1.807, 2.05) is 0 Å². The number of anilines is 1. The van der Waals surface area contributed by atoms with Gasteiger partial charge in [0.05, 0.1) is 6.61 Å². The quantitative estimate of drug-likeness (QED) is 0.740. The van der Waals surface area contributed by atoms with Gasteiger partial charge in [0.15, 0.2) is 0 Å². The second kappa shape index (κ2) is 9.86. The molecular formula is C18H28N4O3. The molecule has 0 aromatic carbocycles. The van der Waals surface area contributed by atoms with Crippen molar-refractivity contribution in [1.82, 2.24) is 15.2 Å². The molecule has 1 aromatic rings. The number of nitrogens with zero attached hydrogens (tertiary/aromatic N) is 2. The minimum atomic E-state index is -0.274. The van der Waals surface area contributed by atoms with Crippen LogP contribution in [0, 0.1) is 0 Å². The molecule has 0 atom stereocenters. The van der Waals surface area contributed by atoms with Crippen LogP contribution in [0.15, 0.2) is 18.3 Å². The highest BCUT2D eigenvalue weighted by molar-refractivity contribution is 5.95. The summed E-state index contributed by atoms with van der Waals surface area (Å²) in [5.41, 5.74) is 0.599. The van der Waals surface area contributed by atoms with Crippen LogP contribution >= 0.6 is 0 Å². The van der Waals surface area contributed by atoms with Crippen molar-refractivity contribution < 1.29 is 14.3 Å². The number of nitrogens with one attached hydrogen (secondary N) is 2. The van der Waals surface area contributed by atoms with E-state index in [1.54, 1.807) is 30.2 Å². The Morgan fingerprint density at radius 2 is 2.08 bits per heavy atom. The highest BCUT2D eigenvalue weighted by atomic mass is 16.6. The lowest BCUT2D eigenvalue weighted by atomic mass is 10.0. The van der Waals surface area contributed by atoms with Gasteiger partial charge in [-0.05, 0) is 38.3 Å². The lowest BCUT2D eigenvalue weighted by Crippen LogP contribution is -2.46. The minimum absolute atomic E-state index is 0.0721. The third-order valence-electron chi connectivity index (χ3n) is 4.21. The number of carbonyl (C=O) groups excluding carboxylic acids is 2. The molecule has 0 radical (unpaired) electrons. The average Bonchev–Trinajstić information content (AvgIpc) is 2.63. The fraction of sp³-hybridized carbons (Fsp3) is 0.611. The Morgan fingerprint density at radius 1 is 1.32 bits per heavy atom. The van der Waals surface area contributed by atoms with Crippen molar-refractivity contribution in [1.29, 1.82) is 0 Å². The zero-order chi connectivity index (χ0) is 18.1. The van der Waals surface area contributed by atoms with Gasteiger partial charge in [0, 0.05) is 37.4 Å². The van der Waals surface area contributed by atoms with Gasteiger partial charge in [0.1, 0.15) is 5.82 Å². The van der Waals surface area contributed by atoms with Gasteiger partial charge in [-0.25, -0.2) is 9.78 Å². The predicted molar refractivity (Wildman–Crippen MR) is 96.7 cm³/mol. The third kappa shape index (κ3) is 5.92. The maximum absolute atomic E-state index is 12.4. The van der Waals surface area contributed by atoms with Crippen molar-refractivity contribution >= 4 is 17.8 Å². The smallest absolute Gasteiger partial charge is 0.409 e. The van der Waals surface area contributed by atoms with Gasteiger partial charge >= 0.3 is 6.09 Å². The number of rotatable bonds is 7. The molecule has 2 rings (SSSR count). The average molecular weight is 348 g/mol. The standard InChI is InChI=1S/C18H28N4O3/c1-3-5-9-19-16-13-14(6-10-20-16)17(23)21-15-7-11-22(12-8-15)18(24)25-4-2/h6,10,13,15H,3-5,7-9,11-12H2,1-2H3,(H,19,20)(H,21,23). The molecule has 7 nitrogen and oxygen atoms in total. The Kier molecular flexibility index (Phi) is 7.50. The summed E-state index contributed by atoms with van der Waals surface area (Å²) in [5.74, 6) is 0.619. The molecule has 25 heavy (non-hydrogen) atoms. The van der Waals surface area contributed by atoms with E-state index in [1.165, 1.54) is 0 Å². The molecule has 0 spiro atoms. The van der Waals surface area contributed by atoms with E-state index in [0.717, 1.165) is 38.0 Å². The number of aromatic nitrogens is 1. The molecule has 1 aliphatic heterocycles. The van der Waals surface area contributed by atoms with E-state index in [0.29, 0.717) is 25.3 Å². The second-order valence-electron chi connectivity index (χ2n) is 6.14. The van der Waals surface area contributed by atoms with E-state index < -0.39 is 0 Å². The second-order valence-corrected chi connectivity index (χ2v) is 6.14. The normalized spacial score (nSPS) is 14.9. The Morgan fingerprint density at radius 3 is 2.76 bits per heavy atom. The van der Waals surface area contributed by atoms with E-state index >= 15 is 0 Å². The number of piperidine rings is 1. The van der Waals surface area contributed by atoms with Crippen molar-refractivity contribution in [3.05, 3.63) is 23.9 Å². The predicted octanol–water partition coefficient (Wildman–Crippen LogP) is 2.64. The van der Waals surface area contributed by atoms with Crippen LogP contribution in [0.4, 0.5) is 10.6 Å². The zero-order valence-corrected chi connectivity index (χ0v) is 15.1. The Hall–Kier alpha value is -2.31. The summed E-state index contributed by atoms with van der Waals surface area (Å²) >= 11 is 0. The molecule has 2 amide bonds. The molecule has 1 saturated heterocycles. The molecule has 1 fully saturated rings. The van der Waals surface area contributed by atoms with Gasteiger partial charge in [0.25, 0.3) is 5.91 Å². The fourth-order valence-corrected chi connectivity index (χ4v) is 2.75. The number of likely N-dealkylation sites (tertiary alicyclic amines) is 1. The number of hydrogen-bond donors (Lipinski definition) is 2. The summed E-state index contributed by atoms with van der Waals surface area (Å²) in [5, 5.41) is 6.27. The van der Waals surface area contributed by atoms with Crippen LogP contribution in [-0.2, 0) is 4.74 Å². The van der Waals surface area contributed by atoms with E-state index in [4.69, 9.17) is 4.74 Å². The molecule has 138 valence electrons. The first-order chi connectivity index (χ1) is 12.1. The Bertz CT molecular complexity index is 571. The van der Waals surface area contributed by atoms with Crippen molar-refractivity contribution in [2.75, 3.05) is 31.6 Å². The van der Waals surface area contributed by atoms with Crippen molar-refractivity contribution in [2.24, 2.45) is 0 Å². The van der Waals surface area contributed by atoms with Crippen LogP contribution in [0.5, 0.6) is 0 Å². The van der Waals surface area contributed by atoms with E-state index in [9.17, 15) is 9.59 Å². The molecule has 1 aromatic heterocycles. The third-order valence-corrected chi connectivity index (χ3v) is 4.21. The first-order valence-electron chi connectivity index (χ1n) is 9.06. The molecule has 0 saturated carbocycles. The van der Waals surface area contributed by atoms with Crippen LogP contribution in [-0.4, -0.2) is 54.2 Å². The van der Waals surface area contributed by atoms with Crippen LogP contribution in [0.2, 0.25) is 0 Å². The summed E-state index contributed by atoms with van der Waals surface area (Å²) in [7, 11) is 0. The summed E-state index contributed by atoms with van der Waals surface area (Å²) in [6.07, 6.45) is 5.01. The van der Waals surface area contributed by atoms with Gasteiger partial charge in [-0.3, -0.25) is 4.79 Å². The van der Waals surface area contributed by atoms with Crippen LogP contribution in [0.3, 0.4) is 0 Å². The van der Waals surface area contributed by atoms with Crippen molar-refractivity contribution in [3.8, 4) is 0 Å². The number of hydrogen-bond acceptors (Lipinski definition) is 5. The molecule has 0 unspecified atom stereocenters. The summed E-state index contributed by atoms with van der Waals surface area (Å²) in [4.78, 5) is 30.1. The maximum atomic E-state index is 12.4. The van der Waals surface area contributed by atoms with E-state index in [2.05, 4.69) is 22.5 Å². The maximum Gasteiger partial charge on any atom is 0.409 e. The minimum Gasteiger partial charge on any atom is -0.450 e. The largest absolute Gasteiger partial charge is 0.450 e. The number of amides is 2. The molecular weight excluding hydrogens is 320 g/mol. The van der Waals surface area contributed by atoms with Crippen molar-refractivity contribution in [2.45, 2.75) is 45.6 Å². The molecule has 1 aliphatic rings. The van der Waals surface area contributed by atoms with Gasteiger partial charge in [-0.15, -0.1) is 0 Å². The zero-order valence-electron chi connectivity index (χ0n) is 15.1. The monoisotopic (exact) mass is 348 g/mol. The number of pyridine rings is 1. The van der Waals surface area contributed by atoms with E-state index in [-0.39, 0.29) is 18.0 Å². The first-order valence-corrected chi connectivity index (χ1v) is 9.06. The lowest BCUT2D eigenvalue weighted by Gasteiger charge is -2.31. The lowest BCUT2D eigenvalue weighted by molar-refractivity contribution is 0.0860. The molecule has 2 N–H and O–H groups in total. The molecule has 0 aliphatic carbocycles. The Labute approximate surface area is 149 Å². The molecule has 2 heterocycles. The SMILES string of the molecule is CCCCNc1cc(C(=O)NC2CCN(C(=O)OCC)CC2)ccn1. The number of carbonyl (C=O) groups is 2. The number of unbranched alkanes of at least 4 members (excludes halogenated alkanes) is 1. The first kappa shape index (κ1) is 19.0. The topological polar surface area (TPSA) is 83.6 Å². The Balaban J connectivity index is 1.82. The van der Waals surface area contributed by atoms with Gasteiger partial charge in [-0.1, -0.05) is 13.3 Å². The van der Waals surface area contributed by atoms with Crippen LogP contribution < -0.4 is 10.6 Å². The van der Waals surface area contributed by atoms with Crippen LogP contribution in [0.1, 0.15) is 49.9 Å². The summed E-state index contributed by atoms with van der Waals surface area (Å²) in [6.45, 7) is 6.36. The fourth-order valence-electron chi connectivity index (χ4n) is 2.75. The van der Waals surface area contributed by atoms with Crippen molar-refractivity contribution in [3.63, 3.8) is 0 Å². The highest BCUT2D eigenvalue weighted by Gasteiger charge is 2.24.